The van der Waals surface area contributed by atoms with E-state index in [1.807, 2.05) is 20.8 Å². The molecule has 9 heteroatoms. The van der Waals surface area contributed by atoms with E-state index in [-0.39, 0.29) is 18.5 Å². The molecule has 2 N–H and O–H groups in total. The zero-order valence-corrected chi connectivity index (χ0v) is 18.2. The van der Waals surface area contributed by atoms with Crippen LogP contribution in [0.3, 0.4) is 0 Å². The SMILES string of the molecule is COc1cc(CN2C(=O)[NH2+]C3(CCN(C(=O)OC(C)(C)C)CC3)C2=O)cc(OC)c1. The smallest absolute Gasteiger partial charge is 0.423 e. The van der Waals surface area contributed by atoms with Gasteiger partial charge in [0.15, 0.2) is 5.54 Å². The summed E-state index contributed by atoms with van der Waals surface area (Å²) >= 11 is 0. The fourth-order valence-corrected chi connectivity index (χ4v) is 3.81. The fraction of sp³-hybridized carbons (Fsp3) is 0.571. The molecule has 2 fully saturated rings. The van der Waals surface area contributed by atoms with Gasteiger partial charge in [-0.2, -0.15) is 0 Å². The lowest BCUT2D eigenvalue weighted by atomic mass is 9.87. The number of rotatable bonds is 4. The van der Waals surface area contributed by atoms with Crippen LogP contribution in [0, 0.1) is 0 Å². The first-order valence-electron chi connectivity index (χ1n) is 9.98. The first kappa shape index (κ1) is 21.9. The third-order valence-electron chi connectivity index (χ3n) is 5.40. The molecular formula is C21H30N3O6+. The van der Waals surface area contributed by atoms with E-state index < -0.39 is 17.2 Å². The summed E-state index contributed by atoms with van der Waals surface area (Å²) in [6, 6.07) is 4.97. The number of benzene rings is 1. The Bertz CT molecular complexity index is 817. The number of likely N-dealkylation sites (tertiary alicyclic amines) is 1. The van der Waals surface area contributed by atoms with Crippen molar-refractivity contribution in [2.75, 3.05) is 27.3 Å². The van der Waals surface area contributed by atoms with Crippen molar-refractivity contribution in [1.29, 1.82) is 0 Å². The predicted octanol–water partition coefficient (Wildman–Crippen LogP) is 1.50. The Hall–Kier alpha value is -2.81. The van der Waals surface area contributed by atoms with Crippen molar-refractivity contribution in [3.8, 4) is 11.5 Å². The molecule has 2 saturated heterocycles. The number of urea groups is 1. The minimum absolute atomic E-state index is 0.138. The molecule has 30 heavy (non-hydrogen) atoms. The maximum atomic E-state index is 13.2. The lowest BCUT2D eigenvalue weighted by Crippen LogP contribution is -2.98. The second kappa shape index (κ2) is 8.14. The number of nitrogens with zero attached hydrogens (tertiary/aromatic N) is 2. The molecule has 0 aromatic heterocycles. The number of nitrogens with two attached hydrogens (primary N) is 1. The third-order valence-corrected chi connectivity index (χ3v) is 5.40. The second-order valence-electron chi connectivity index (χ2n) is 8.72. The van der Waals surface area contributed by atoms with Crippen molar-refractivity contribution in [3.63, 3.8) is 0 Å². The highest BCUT2D eigenvalue weighted by Gasteiger charge is 2.57. The summed E-state index contributed by atoms with van der Waals surface area (Å²) in [5, 5.41) is 1.51. The monoisotopic (exact) mass is 420 g/mol. The van der Waals surface area contributed by atoms with E-state index in [4.69, 9.17) is 14.2 Å². The number of hydrogen-bond acceptors (Lipinski definition) is 6. The number of hydrogen-bond donors (Lipinski definition) is 1. The molecule has 164 valence electrons. The highest BCUT2D eigenvalue weighted by atomic mass is 16.6. The maximum Gasteiger partial charge on any atom is 0.423 e. The summed E-state index contributed by atoms with van der Waals surface area (Å²) < 4.78 is 15.9. The molecule has 0 aliphatic carbocycles. The quantitative estimate of drug-likeness (QED) is 0.741. The normalized spacial score (nSPS) is 18.7. The fourth-order valence-electron chi connectivity index (χ4n) is 3.81. The highest BCUT2D eigenvalue weighted by molar-refractivity contribution is 6.00. The second-order valence-corrected chi connectivity index (χ2v) is 8.72. The standard InChI is InChI=1S/C21H29N3O6/c1-20(2,3)30-19(27)23-8-6-21(7-9-23)17(25)24(18(26)22-21)13-14-10-15(28-4)12-16(11-14)29-5/h10-12H,6-9,13H2,1-5H3,(H,22,26)/p+1. The molecule has 0 bridgehead atoms. The maximum absolute atomic E-state index is 13.2. The van der Waals surface area contributed by atoms with Crippen molar-refractivity contribution < 1.29 is 33.9 Å². The lowest BCUT2D eigenvalue weighted by molar-refractivity contribution is -0.617. The van der Waals surface area contributed by atoms with E-state index in [0.717, 1.165) is 5.56 Å². The molecule has 1 aromatic carbocycles. The number of carbonyl (C=O) groups excluding carboxylic acids is 3. The molecule has 0 unspecified atom stereocenters. The van der Waals surface area contributed by atoms with Crippen molar-refractivity contribution in [3.05, 3.63) is 23.8 Å². The van der Waals surface area contributed by atoms with Gasteiger partial charge >= 0.3 is 12.1 Å². The van der Waals surface area contributed by atoms with Gasteiger partial charge in [-0.15, -0.1) is 0 Å². The Kier molecular flexibility index (Phi) is 5.94. The molecule has 2 aliphatic heterocycles. The van der Waals surface area contributed by atoms with Gasteiger partial charge in [0.25, 0.3) is 5.91 Å². The Morgan fingerprint density at radius 2 is 1.63 bits per heavy atom. The molecule has 1 spiro atoms. The zero-order valence-electron chi connectivity index (χ0n) is 18.2. The topological polar surface area (TPSA) is 102 Å². The summed E-state index contributed by atoms with van der Waals surface area (Å²) in [6.45, 7) is 6.31. The number of piperidine rings is 1. The molecule has 0 radical (unpaired) electrons. The number of imide groups is 1. The van der Waals surface area contributed by atoms with Crippen molar-refractivity contribution in [2.24, 2.45) is 0 Å². The van der Waals surface area contributed by atoms with Gasteiger partial charge in [-0.05, 0) is 38.5 Å². The summed E-state index contributed by atoms with van der Waals surface area (Å²) in [6.07, 6.45) is 0.401. The van der Waals surface area contributed by atoms with Crippen LogP contribution in [0.5, 0.6) is 11.5 Å². The summed E-state index contributed by atoms with van der Waals surface area (Å²) in [4.78, 5) is 41.0. The van der Waals surface area contributed by atoms with E-state index in [2.05, 4.69) is 0 Å². The summed E-state index contributed by atoms with van der Waals surface area (Å²) in [5.74, 6) is 0.957. The van der Waals surface area contributed by atoms with Crippen LogP contribution in [-0.4, -0.2) is 66.3 Å². The van der Waals surface area contributed by atoms with Gasteiger partial charge in [0.05, 0.1) is 20.8 Å². The van der Waals surface area contributed by atoms with Crippen molar-refractivity contribution in [2.45, 2.75) is 51.3 Å². The summed E-state index contributed by atoms with van der Waals surface area (Å²) in [7, 11) is 3.10. The summed E-state index contributed by atoms with van der Waals surface area (Å²) in [5.41, 5.74) is -0.700. The van der Waals surface area contributed by atoms with Gasteiger partial charge in [0.2, 0.25) is 0 Å². The lowest BCUT2D eigenvalue weighted by Gasteiger charge is -2.35. The molecule has 0 atom stereocenters. The number of amides is 4. The first-order valence-corrected chi connectivity index (χ1v) is 9.98. The Labute approximate surface area is 176 Å². The predicted molar refractivity (Wildman–Crippen MR) is 107 cm³/mol. The van der Waals surface area contributed by atoms with Crippen molar-refractivity contribution >= 4 is 18.0 Å². The molecule has 0 saturated carbocycles. The molecule has 2 heterocycles. The van der Waals surface area contributed by atoms with Crippen LogP contribution in [0.1, 0.15) is 39.2 Å². The van der Waals surface area contributed by atoms with Crippen LogP contribution in [0.15, 0.2) is 18.2 Å². The van der Waals surface area contributed by atoms with Crippen LogP contribution < -0.4 is 14.8 Å². The van der Waals surface area contributed by atoms with E-state index in [0.29, 0.717) is 37.4 Å². The third kappa shape index (κ3) is 4.51. The number of methoxy groups -OCH3 is 2. The minimum atomic E-state index is -0.863. The average Bonchev–Trinajstić information content (AvgIpc) is 2.91. The van der Waals surface area contributed by atoms with E-state index >= 15 is 0 Å². The van der Waals surface area contributed by atoms with Gasteiger partial charge in [-0.25, -0.2) is 19.8 Å². The highest BCUT2D eigenvalue weighted by Crippen LogP contribution is 2.28. The van der Waals surface area contributed by atoms with Crippen LogP contribution in [0.4, 0.5) is 9.59 Å². The van der Waals surface area contributed by atoms with E-state index in [1.54, 1.807) is 37.3 Å². The molecule has 3 rings (SSSR count). The van der Waals surface area contributed by atoms with Gasteiger partial charge in [0.1, 0.15) is 17.1 Å². The van der Waals surface area contributed by atoms with Crippen LogP contribution in [0.2, 0.25) is 0 Å². The largest absolute Gasteiger partial charge is 0.497 e. The zero-order chi connectivity index (χ0) is 22.1. The Morgan fingerprint density at radius 1 is 1.07 bits per heavy atom. The molecule has 4 amide bonds. The van der Waals surface area contributed by atoms with Gasteiger partial charge in [0, 0.05) is 32.0 Å². The van der Waals surface area contributed by atoms with E-state index in [1.165, 1.54) is 10.2 Å². The van der Waals surface area contributed by atoms with Gasteiger partial charge < -0.3 is 19.1 Å². The van der Waals surface area contributed by atoms with Crippen LogP contribution >= 0.6 is 0 Å². The molecule has 2 aliphatic rings. The van der Waals surface area contributed by atoms with Gasteiger partial charge in [-0.1, -0.05) is 0 Å². The average molecular weight is 420 g/mol. The van der Waals surface area contributed by atoms with Gasteiger partial charge in [-0.3, -0.25) is 4.79 Å². The number of carbonyl (C=O) groups is 3. The van der Waals surface area contributed by atoms with E-state index in [9.17, 15) is 14.4 Å². The van der Waals surface area contributed by atoms with Crippen LogP contribution in [0.25, 0.3) is 0 Å². The number of ether oxygens (including phenoxy) is 3. The molecule has 1 aromatic rings. The van der Waals surface area contributed by atoms with Crippen molar-refractivity contribution in [1.82, 2.24) is 9.80 Å². The molecule has 9 nitrogen and oxygen atoms in total. The minimum Gasteiger partial charge on any atom is -0.497 e. The number of primary amides is 1. The number of quaternary nitrogens is 1. The van der Waals surface area contributed by atoms with Crippen LogP contribution in [-0.2, 0) is 16.1 Å². The molecular weight excluding hydrogens is 390 g/mol. The first-order chi connectivity index (χ1) is 14.1. The Morgan fingerprint density at radius 3 is 2.13 bits per heavy atom. The Balaban J connectivity index is 1.69.